The van der Waals surface area contributed by atoms with Crippen LogP contribution in [0.15, 0.2) is 36.7 Å². The number of anilines is 1. The third-order valence-corrected chi connectivity index (χ3v) is 3.85. The van der Waals surface area contributed by atoms with Gasteiger partial charge >= 0.3 is 12.0 Å². The quantitative estimate of drug-likeness (QED) is 0.769. The molecule has 0 aliphatic heterocycles. The smallest absolute Gasteiger partial charge is 0.321 e. The molecule has 2 amide bonds. The number of carboxylic acid groups (broad SMARTS) is 1. The van der Waals surface area contributed by atoms with E-state index in [4.69, 9.17) is 5.11 Å². The summed E-state index contributed by atoms with van der Waals surface area (Å²) in [5.74, 6) is -0.0654. The SMILES string of the molecule is CCCCn1ccnc1-c1cccc(NC(=O)N(C)CCC(=O)O)c1. The molecule has 1 aromatic carbocycles. The molecule has 2 N–H and O–H groups in total. The molecule has 7 heteroatoms. The van der Waals surface area contributed by atoms with Crippen molar-refractivity contribution in [2.75, 3.05) is 18.9 Å². The minimum atomic E-state index is -0.930. The van der Waals surface area contributed by atoms with Crippen molar-refractivity contribution in [1.29, 1.82) is 0 Å². The van der Waals surface area contributed by atoms with Gasteiger partial charge in [0.2, 0.25) is 0 Å². The summed E-state index contributed by atoms with van der Waals surface area (Å²) in [5, 5.41) is 11.5. The summed E-state index contributed by atoms with van der Waals surface area (Å²) < 4.78 is 2.10. The Morgan fingerprint density at radius 1 is 1.36 bits per heavy atom. The van der Waals surface area contributed by atoms with Gasteiger partial charge in [0, 0.05) is 43.8 Å². The predicted molar refractivity (Wildman–Crippen MR) is 96.5 cm³/mol. The normalized spacial score (nSPS) is 10.5. The van der Waals surface area contributed by atoms with Gasteiger partial charge in [0.15, 0.2) is 0 Å². The molecule has 2 rings (SSSR count). The third-order valence-electron chi connectivity index (χ3n) is 3.85. The molecular formula is C18H24N4O3. The molecule has 0 aliphatic carbocycles. The lowest BCUT2D eigenvalue weighted by Crippen LogP contribution is -2.33. The number of carbonyl (C=O) groups excluding carboxylic acids is 1. The van der Waals surface area contributed by atoms with Gasteiger partial charge in [-0.15, -0.1) is 0 Å². The molecule has 0 unspecified atom stereocenters. The van der Waals surface area contributed by atoms with Crippen LogP contribution in [0.3, 0.4) is 0 Å². The monoisotopic (exact) mass is 344 g/mol. The number of unbranched alkanes of at least 4 members (excludes halogenated alkanes) is 1. The number of nitrogens with one attached hydrogen (secondary N) is 1. The van der Waals surface area contributed by atoms with Crippen LogP contribution in [0.25, 0.3) is 11.4 Å². The second kappa shape index (κ2) is 8.86. The van der Waals surface area contributed by atoms with Gasteiger partial charge in [0.1, 0.15) is 5.82 Å². The maximum absolute atomic E-state index is 12.1. The Morgan fingerprint density at radius 3 is 2.88 bits per heavy atom. The number of aliphatic carboxylic acids is 1. The molecule has 25 heavy (non-hydrogen) atoms. The zero-order valence-electron chi connectivity index (χ0n) is 14.6. The first kappa shape index (κ1) is 18.5. The van der Waals surface area contributed by atoms with E-state index in [1.54, 1.807) is 19.3 Å². The van der Waals surface area contributed by atoms with E-state index < -0.39 is 5.97 Å². The van der Waals surface area contributed by atoms with E-state index in [-0.39, 0.29) is 19.0 Å². The van der Waals surface area contributed by atoms with Crippen molar-refractivity contribution in [2.45, 2.75) is 32.7 Å². The van der Waals surface area contributed by atoms with Crippen LogP contribution in [0, 0.1) is 0 Å². The Bertz CT molecular complexity index is 727. The van der Waals surface area contributed by atoms with Crippen LogP contribution >= 0.6 is 0 Å². The number of carboxylic acids is 1. The van der Waals surface area contributed by atoms with Gasteiger partial charge in [0.25, 0.3) is 0 Å². The zero-order chi connectivity index (χ0) is 18.2. The Kier molecular flexibility index (Phi) is 6.56. The van der Waals surface area contributed by atoms with Crippen molar-refractivity contribution in [3.05, 3.63) is 36.7 Å². The summed E-state index contributed by atoms with van der Waals surface area (Å²) in [6.45, 7) is 3.20. The minimum Gasteiger partial charge on any atom is -0.481 e. The molecular weight excluding hydrogens is 320 g/mol. The molecule has 0 aliphatic rings. The number of rotatable bonds is 8. The average molecular weight is 344 g/mol. The van der Waals surface area contributed by atoms with E-state index in [2.05, 4.69) is 21.8 Å². The van der Waals surface area contributed by atoms with Crippen molar-refractivity contribution < 1.29 is 14.7 Å². The largest absolute Gasteiger partial charge is 0.481 e. The van der Waals surface area contributed by atoms with Crippen LogP contribution in [-0.4, -0.2) is 45.2 Å². The number of amides is 2. The Morgan fingerprint density at radius 2 is 2.16 bits per heavy atom. The lowest BCUT2D eigenvalue weighted by molar-refractivity contribution is -0.137. The van der Waals surface area contributed by atoms with Crippen molar-refractivity contribution in [3.8, 4) is 11.4 Å². The number of imidazole rings is 1. The molecule has 1 heterocycles. The third kappa shape index (κ3) is 5.34. The first-order chi connectivity index (χ1) is 12.0. The van der Waals surface area contributed by atoms with E-state index in [0.717, 1.165) is 30.8 Å². The lowest BCUT2D eigenvalue weighted by Gasteiger charge is -2.17. The molecule has 2 aromatic rings. The van der Waals surface area contributed by atoms with Crippen molar-refractivity contribution in [3.63, 3.8) is 0 Å². The van der Waals surface area contributed by atoms with Gasteiger partial charge in [-0.05, 0) is 18.6 Å². The maximum atomic E-state index is 12.1. The summed E-state index contributed by atoms with van der Waals surface area (Å²) in [7, 11) is 1.57. The van der Waals surface area contributed by atoms with Crippen LogP contribution in [-0.2, 0) is 11.3 Å². The highest BCUT2D eigenvalue weighted by Gasteiger charge is 2.12. The highest BCUT2D eigenvalue weighted by atomic mass is 16.4. The Labute approximate surface area is 147 Å². The summed E-state index contributed by atoms with van der Waals surface area (Å²) in [4.78, 5) is 28.5. The van der Waals surface area contributed by atoms with Gasteiger partial charge < -0.3 is 19.9 Å². The Hall–Kier alpha value is -2.83. The number of hydrogen-bond donors (Lipinski definition) is 2. The van der Waals surface area contributed by atoms with Crippen molar-refractivity contribution in [2.24, 2.45) is 0 Å². The Balaban J connectivity index is 2.07. The van der Waals surface area contributed by atoms with E-state index in [9.17, 15) is 9.59 Å². The van der Waals surface area contributed by atoms with Gasteiger partial charge in [-0.1, -0.05) is 25.5 Å². The van der Waals surface area contributed by atoms with E-state index in [0.29, 0.717) is 5.69 Å². The molecule has 0 atom stereocenters. The fraction of sp³-hybridized carbons (Fsp3) is 0.389. The van der Waals surface area contributed by atoms with Crippen molar-refractivity contribution in [1.82, 2.24) is 14.5 Å². The molecule has 7 nitrogen and oxygen atoms in total. The fourth-order valence-electron chi connectivity index (χ4n) is 2.40. The maximum Gasteiger partial charge on any atom is 0.321 e. The molecule has 0 spiro atoms. The van der Waals surface area contributed by atoms with Gasteiger partial charge in [-0.2, -0.15) is 0 Å². The van der Waals surface area contributed by atoms with Gasteiger partial charge in [-0.25, -0.2) is 9.78 Å². The van der Waals surface area contributed by atoms with E-state index in [1.165, 1.54) is 4.90 Å². The summed E-state index contributed by atoms with van der Waals surface area (Å²) in [6.07, 6.45) is 5.83. The molecule has 0 fully saturated rings. The fourth-order valence-corrected chi connectivity index (χ4v) is 2.40. The predicted octanol–water partition coefficient (Wildman–Crippen LogP) is 3.29. The van der Waals surface area contributed by atoms with Crippen LogP contribution < -0.4 is 5.32 Å². The summed E-state index contributed by atoms with van der Waals surface area (Å²) in [6, 6.07) is 7.14. The number of carbonyl (C=O) groups is 2. The van der Waals surface area contributed by atoms with E-state index >= 15 is 0 Å². The number of hydrogen-bond acceptors (Lipinski definition) is 3. The van der Waals surface area contributed by atoms with Crippen LogP contribution in [0.5, 0.6) is 0 Å². The van der Waals surface area contributed by atoms with Crippen LogP contribution in [0.4, 0.5) is 10.5 Å². The number of benzene rings is 1. The molecule has 0 saturated heterocycles. The van der Waals surface area contributed by atoms with Crippen molar-refractivity contribution >= 4 is 17.7 Å². The lowest BCUT2D eigenvalue weighted by atomic mass is 10.2. The number of nitrogens with zero attached hydrogens (tertiary/aromatic N) is 3. The first-order valence-electron chi connectivity index (χ1n) is 8.36. The summed E-state index contributed by atoms with van der Waals surface area (Å²) >= 11 is 0. The van der Waals surface area contributed by atoms with Crippen LogP contribution in [0.2, 0.25) is 0 Å². The molecule has 134 valence electrons. The van der Waals surface area contributed by atoms with Gasteiger partial charge in [-0.3, -0.25) is 4.79 Å². The average Bonchev–Trinajstić information content (AvgIpc) is 3.06. The number of aromatic nitrogens is 2. The first-order valence-corrected chi connectivity index (χ1v) is 8.36. The standard InChI is InChI=1S/C18H24N4O3/c1-3-4-10-22-12-9-19-17(22)14-6-5-7-15(13-14)20-18(25)21(2)11-8-16(23)24/h5-7,9,12-13H,3-4,8,10-11H2,1-2H3,(H,20,25)(H,23,24). The highest BCUT2D eigenvalue weighted by molar-refractivity contribution is 5.90. The summed E-state index contributed by atoms with van der Waals surface area (Å²) in [5.41, 5.74) is 1.57. The van der Waals surface area contributed by atoms with Crippen LogP contribution in [0.1, 0.15) is 26.2 Å². The second-order valence-corrected chi connectivity index (χ2v) is 5.87. The minimum absolute atomic E-state index is 0.0845. The number of aryl methyl sites for hydroxylation is 1. The van der Waals surface area contributed by atoms with Gasteiger partial charge in [0.05, 0.1) is 6.42 Å². The molecule has 0 radical (unpaired) electrons. The second-order valence-electron chi connectivity index (χ2n) is 5.87. The molecule has 1 aromatic heterocycles. The van der Waals surface area contributed by atoms with E-state index in [1.807, 2.05) is 24.4 Å². The topological polar surface area (TPSA) is 87.5 Å². The zero-order valence-corrected chi connectivity index (χ0v) is 14.6. The highest BCUT2D eigenvalue weighted by Crippen LogP contribution is 2.22. The number of urea groups is 1. The molecule has 0 bridgehead atoms. The molecule has 0 saturated carbocycles.